The molecule has 0 saturated heterocycles. The summed E-state index contributed by atoms with van der Waals surface area (Å²) < 4.78 is 9.37. The molecule has 0 amide bonds. The number of carbonyl (C=O) groups is 1. The van der Waals surface area contributed by atoms with Crippen molar-refractivity contribution in [3.05, 3.63) is 0 Å². The number of rotatable bonds is 5. The summed E-state index contributed by atoms with van der Waals surface area (Å²) in [5.74, 6) is 0.203. The van der Waals surface area contributed by atoms with Gasteiger partial charge >= 0.3 is 5.97 Å². The molecule has 3 nitrogen and oxygen atoms in total. The number of hydrogen-bond acceptors (Lipinski definition) is 3. The molecule has 0 saturated carbocycles. The third-order valence-electron chi connectivity index (χ3n) is 1.35. The lowest BCUT2D eigenvalue weighted by atomic mass is 10.2. The van der Waals surface area contributed by atoms with E-state index in [9.17, 15) is 4.79 Å². The molecule has 11 heavy (non-hydrogen) atoms. The number of carbonyl (C=O) groups excluding carboxylic acids is 1. The van der Waals surface area contributed by atoms with Crippen molar-refractivity contribution >= 4 is 17.6 Å². The smallest absolute Gasteiger partial charge is 0.334 e. The fourth-order valence-electron chi connectivity index (χ4n) is 0.726. The van der Waals surface area contributed by atoms with Gasteiger partial charge in [-0.25, -0.2) is 4.79 Å². The molecule has 1 unspecified atom stereocenters. The average molecular weight is 181 g/mol. The fraction of sp³-hybridized carbons (Fsp3) is 0.857. The van der Waals surface area contributed by atoms with Crippen LogP contribution in [0.1, 0.15) is 12.8 Å². The normalized spacial score (nSPS) is 12.6. The lowest BCUT2D eigenvalue weighted by molar-refractivity contribution is -0.152. The quantitative estimate of drug-likeness (QED) is 0.471. The van der Waals surface area contributed by atoms with E-state index in [1.165, 1.54) is 14.2 Å². The van der Waals surface area contributed by atoms with Crippen molar-refractivity contribution in [3.8, 4) is 0 Å². The van der Waals surface area contributed by atoms with Crippen LogP contribution in [0.2, 0.25) is 0 Å². The van der Waals surface area contributed by atoms with Crippen LogP contribution in [-0.2, 0) is 14.3 Å². The van der Waals surface area contributed by atoms with Crippen LogP contribution in [0, 0.1) is 0 Å². The van der Waals surface area contributed by atoms with Gasteiger partial charge < -0.3 is 9.47 Å². The second-order valence-corrected chi connectivity index (χ2v) is 2.46. The number of hydrogen-bond donors (Lipinski definition) is 0. The van der Waals surface area contributed by atoms with Crippen LogP contribution < -0.4 is 0 Å². The van der Waals surface area contributed by atoms with E-state index in [1.54, 1.807) is 0 Å². The van der Waals surface area contributed by atoms with E-state index in [4.69, 9.17) is 16.3 Å². The monoisotopic (exact) mass is 180 g/mol. The van der Waals surface area contributed by atoms with Crippen molar-refractivity contribution in [3.63, 3.8) is 0 Å². The molecule has 4 heteroatoms. The molecule has 1 atom stereocenters. The van der Waals surface area contributed by atoms with Crippen molar-refractivity contribution in [2.75, 3.05) is 20.1 Å². The zero-order chi connectivity index (χ0) is 8.69. The lowest BCUT2D eigenvalue weighted by Crippen LogP contribution is -2.24. The molecule has 0 rings (SSSR count). The fourth-order valence-corrected chi connectivity index (χ4v) is 0.880. The molecular formula is C7H13ClO3. The number of methoxy groups -OCH3 is 2. The standard InChI is InChI=1S/C7H13ClO3/c1-10-6(4-3-5-8)7(9)11-2/h6H,3-5H2,1-2H3. The Bertz CT molecular complexity index is 116. The summed E-state index contributed by atoms with van der Waals surface area (Å²) >= 11 is 5.44. The summed E-state index contributed by atoms with van der Waals surface area (Å²) in [5, 5.41) is 0. The minimum absolute atomic E-state index is 0.336. The maximum absolute atomic E-state index is 10.9. The zero-order valence-electron chi connectivity index (χ0n) is 6.80. The molecule has 66 valence electrons. The van der Waals surface area contributed by atoms with Crippen LogP contribution in [-0.4, -0.2) is 32.2 Å². The van der Waals surface area contributed by atoms with E-state index in [0.717, 1.165) is 6.42 Å². The first kappa shape index (κ1) is 10.7. The predicted molar refractivity (Wildman–Crippen MR) is 42.8 cm³/mol. The Labute approximate surface area is 71.6 Å². The lowest BCUT2D eigenvalue weighted by Gasteiger charge is -2.10. The molecule has 0 aliphatic heterocycles. The van der Waals surface area contributed by atoms with Crippen molar-refractivity contribution in [1.29, 1.82) is 0 Å². The van der Waals surface area contributed by atoms with Crippen LogP contribution >= 0.6 is 11.6 Å². The molecular weight excluding hydrogens is 168 g/mol. The largest absolute Gasteiger partial charge is 0.467 e. The van der Waals surface area contributed by atoms with Crippen molar-refractivity contribution < 1.29 is 14.3 Å². The van der Waals surface area contributed by atoms with Crippen LogP contribution in [0.4, 0.5) is 0 Å². The van der Waals surface area contributed by atoms with Crippen LogP contribution in [0.25, 0.3) is 0 Å². The van der Waals surface area contributed by atoms with Gasteiger partial charge in [-0.15, -0.1) is 11.6 Å². The second kappa shape index (κ2) is 6.43. The molecule has 0 bridgehead atoms. The molecule has 0 aliphatic rings. The van der Waals surface area contributed by atoms with Gasteiger partial charge in [0.2, 0.25) is 0 Å². The summed E-state index contributed by atoms with van der Waals surface area (Å²) in [4.78, 5) is 10.9. The maximum atomic E-state index is 10.9. The van der Waals surface area contributed by atoms with Gasteiger partial charge in [0.05, 0.1) is 7.11 Å². The zero-order valence-corrected chi connectivity index (χ0v) is 7.56. The van der Waals surface area contributed by atoms with E-state index in [-0.39, 0.29) is 5.97 Å². The number of alkyl halides is 1. The third-order valence-corrected chi connectivity index (χ3v) is 1.62. The van der Waals surface area contributed by atoms with Gasteiger partial charge in [0.15, 0.2) is 6.10 Å². The van der Waals surface area contributed by atoms with Gasteiger partial charge in [0.25, 0.3) is 0 Å². The Kier molecular flexibility index (Phi) is 6.27. The van der Waals surface area contributed by atoms with E-state index in [0.29, 0.717) is 12.3 Å². The summed E-state index contributed by atoms with van der Waals surface area (Å²) in [7, 11) is 2.82. The summed E-state index contributed by atoms with van der Waals surface area (Å²) in [6.45, 7) is 0. The van der Waals surface area contributed by atoms with Gasteiger partial charge in [0, 0.05) is 13.0 Å². The van der Waals surface area contributed by atoms with Crippen LogP contribution in [0.15, 0.2) is 0 Å². The van der Waals surface area contributed by atoms with E-state index < -0.39 is 6.10 Å². The second-order valence-electron chi connectivity index (χ2n) is 2.08. The van der Waals surface area contributed by atoms with Gasteiger partial charge in [-0.05, 0) is 12.8 Å². The van der Waals surface area contributed by atoms with Crippen molar-refractivity contribution in [1.82, 2.24) is 0 Å². The Morgan fingerprint density at radius 2 is 2.18 bits per heavy atom. The highest BCUT2D eigenvalue weighted by Crippen LogP contribution is 2.03. The van der Waals surface area contributed by atoms with Crippen molar-refractivity contribution in [2.24, 2.45) is 0 Å². The van der Waals surface area contributed by atoms with Crippen molar-refractivity contribution in [2.45, 2.75) is 18.9 Å². The first-order chi connectivity index (χ1) is 5.26. The van der Waals surface area contributed by atoms with E-state index >= 15 is 0 Å². The first-order valence-electron chi connectivity index (χ1n) is 3.42. The summed E-state index contributed by atoms with van der Waals surface area (Å²) in [6.07, 6.45) is 0.917. The minimum atomic E-state index is -0.459. The molecule has 0 fully saturated rings. The van der Waals surface area contributed by atoms with E-state index in [1.807, 2.05) is 0 Å². The van der Waals surface area contributed by atoms with E-state index in [2.05, 4.69) is 4.74 Å². The number of halogens is 1. The Morgan fingerprint density at radius 3 is 2.55 bits per heavy atom. The highest BCUT2D eigenvalue weighted by molar-refractivity contribution is 6.17. The topological polar surface area (TPSA) is 35.5 Å². The van der Waals surface area contributed by atoms with Crippen LogP contribution in [0.5, 0.6) is 0 Å². The van der Waals surface area contributed by atoms with Gasteiger partial charge in [-0.2, -0.15) is 0 Å². The Hall–Kier alpha value is -0.280. The highest BCUT2D eigenvalue weighted by Gasteiger charge is 2.16. The predicted octanol–water partition coefficient (Wildman–Crippen LogP) is 1.19. The van der Waals surface area contributed by atoms with Gasteiger partial charge in [-0.1, -0.05) is 0 Å². The molecule has 0 aliphatic carbocycles. The third kappa shape index (κ3) is 4.22. The summed E-state index contributed by atoms with van der Waals surface area (Å²) in [6, 6.07) is 0. The highest BCUT2D eigenvalue weighted by atomic mass is 35.5. The average Bonchev–Trinajstić information content (AvgIpc) is 2.05. The van der Waals surface area contributed by atoms with Gasteiger partial charge in [-0.3, -0.25) is 0 Å². The molecule has 0 spiro atoms. The SMILES string of the molecule is COC(=O)C(CCCCl)OC. The molecule has 0 aromatic carbocycles. The first-order valence-corrected chi connectivity index (χ1v) is 3.96. The Morgan fingerprint density at radius 1 is 1.55 bits per heavy atom. The molecule has 0 radical (unpaired) electrons. The molecule has 0 aromatic rings. The Balaban J connectivity index is 3.65. The minimum Gasteiger partial charge on any atom is -0.467 e. The molecule has 0 aromatic heterocycles. The molecule has 0 heterocycles. The van der Waals surface area contributed by atoms with Crippen LogP contribution in [0.3, 0.4) is 0 Å². The summed E-state index contributed by atoms with van der Waals surface area (Å²) in [5.41, 5.74) is 0. The molecule has 0 N–H and O–H groups in total. The maximum Gasteiger partial charge on any atom is 0.334 e. The number of esters is 1. The van der Waals surface area contributed by atoms with Gasteiger partial charge in [0.1, 0.15) is 0 Å². The number of ether oxygens (including phenoxy) is 2.